The number of amides is 1. The first-order chi connectivity index (χ1) is 14.0. The summed E-state index contributed by atoms with van der Waals surface area (Å²) >= 11 is 0. The van der Waals surface area contributed by atoms with Gasteiger partial charge in [0.2, 0.25) is 0 Å². The van der Waals surface area contributed by atoms with Crippen LogP contribution in [0.15, 0.2) is 59.4 Å². The highest BCUT2D eigenvalue weighted by molar-refractivity contribution is 5.93. The third-order valence-corrected chi connectivity index (χ3v) is 4.20. The molecule has 0 radical (unpaired) electrons. The molecule has 0 aliphatic heterocycles. The summed E-state index contributed by atoms with van der Waals surface area (Å²) in [6.45, 7) is 1.48. The quantitative estimate of drug-likeness (QED) is 0.673. The molecule has 0 aliphatic rings. The highest BCUT2D eigenvalue weighted by Gasteiger charge is 2.15. The average Bonchev–Trinajstić information content (AvgIpc) is 2.72. The molecule has 1 amide bonds. The third kappa shape index (κ3) is 4.45. The zero-order valence-corrected chi connectivity index (χ0v) is 16.0. The van der Waals surface area contributed by atoms with Crippen LogP contribution in [0.25, 0.3) is 11.1 Å². The van der Waals surface area contributed by atoms with Gasteiger partial charge in [-0.3, -0.25) is 9.59 Å². The van der Waals surface area contributed by atoms with Crippen LogP contribution in [-0.4, -0.2) is 24.6 Å². The minimum Gasteiger partial charge on any atom is -0.495 e. The van der Waals surface area contributed by atoms with E-state index >= 15 is 0 Å². The average molecular weight is 389 g/mol. The second-order valence-electron chi connectivity index (χ2n) is 6.22. The first-order valence-electron chi connectivity index (χ1n) is 8.82. The van der Waals surface area contributed by atoms with Gasteiger partial charge in [0, 0.05) is 16.8 Å². The standard InChI is InChI=1S/C22H19N3O4/c1-14-11-16(17(12-23)22(27)24-14)15-7-3-5-9-19(15)29-13-21(26)25-18-8-4-6-10-20(18)28-2/h3-11H,13H2,1-2H3,(H,24,27)(H,25,26). The van der Waals surface area contributed by atoms with Gasteiger partial charge in [0.25, 0.3) is 11.5 Å². The summed E-state index contributed by atoms with van der Waals surface area (Å²) in [4.78, 5) is 27.1. The summed E-state index contributed by atoms with van der Waals surface area (Å²) in [5.41, 5.74) is 1.69. The molecule has 0 bridgehead atoms. The topological polar surface area (TPSA) is 104 Å². The molecule has 3 aromatic rings. The number of para-hydroxylation sites is 3. The lowest BCUT2D eigenvalue weighted by atomic mass is 10.0. The maximum absolute atomic E-state index is 12.3. The fourth-order valence-corrected chi connectivity index (χ4v) is 2.90. The summed E-state index contributed by atoms with van der Waals surface area (Å²) in [7, 11) is 1.52. The van der Waals surface area contributed by atoms with Crippen molar-refractivity contribution in [2.75, 3.05) is 19.0 Å². The van der Waals surface area contributed by atoms with Crippen molar-refractivity contribution in [1.29, 1.82) is 5.26 Å². The fourth-order valence-electron chi connectivity index (χ4n) is 2.90. The van der Waals surface area contributed by atoms with Gasteiger partial charge in [0.15, 0.2) is 6.61 Å². The molecule has 0 fully saturated rings. The van der Waals surface area contributed by atoms with Gasteiger partial charge in [0.1, 0.15) is 23.1 Å². The van der Waals surface area contributed by atoms with Crippen LogP contribution in [0, 0.1) is 18.3 Å². The number of nitrogens with zero attached hydrogens (tertiary/aromatic N) is 1. The Morgan fingerprint density at radius 3 is 2.52 bits per heavy atom. The number of pyridine rings is 1. The molecular weight excluding hydrogens is 370 g/mol. The molecule has 7 nitrogen and oxygen atoms in total. The van der Waals surface area contributed by atoms with Gasteiger partial charge in [-0.25, -0.2) is 0 Å². The number of methoxy groups -OCH3 is 1. The van der Waals surface area contributed by atoms with E-state index in [0.717, 1.165) is 0 Å². The van der Waals surface area contributed by atoms with Crippen molar-refractivity contribution in [3.05, 3.63) is 76.2 Å². The minimum atomic E-state index is -0.466. The molecule has 3 rings (SSSR count). The molecule has 0 aliphatic carbocycles. The summed E-state index contributed by atoms with van der Waals surface area (Å²) in [6.07, 6.45) is 0. The zero-order chi connectivity index (χ0) is 20.8. The van der Waals surface area contributed by atoms with Crippen molar-refractivity contribution in [3.8, 4) is 28.7 Å². The number of carbonyl (C=O) groups is 1. The Morgan fingerprint density at radius 1 is 1.10 bits per heavy atom. The molecule has 0 atom stereocenters. The van der Waals surface area contributed by atoms with E-state index in [4.69, 9.17) is 9.47 Å². The second-order valence-corrected chi connectivity index (χ2v) is 6.22. The van der Waals surface area contributed by atoms with Crippen molar-refractivity contribution < 1.29 is 14.3 Å². The number of benzene rings is 2. The Kier molecular flexibility index (Phi) is 5.95. The van der Waals surface area contributed by atoms with Gasteiger partial charge < -0.3 is 19.8 Å². The number of ether oxygens (including phenoxy) is 2. The Balaban J connectivity index is 1.83. The van der Waals surface area contributed by atoms with Crippen LogP contribution in [0.3, 0.4) is 0 Å². The number of carbonyl (C=O) groups excluding carboxylic acids is 1. The molecule has 29 heavy (non-hydrogen) atoms. The Bertz CT molecular complexity index is 1150. The van der Waals surface area contributed by atoms with Crippen molar-refractivity contribution in [2.24, 2.45) is 0 Å². The summed E-state index contributed by atoms with van der Waals surface area (Å²) < 4.78 is 10.9. The molecule has 0 saturated heterocycles. The van der Waals surface area contributed by atoms with Gasteiger partial charge >= 0.3 is 0 Å². The van der Waals surface area contributed by atoms with Crippen LogP contribution >= 0.6 is 0 Å². The lowest BCUT2D eigenvalue weighted by molar-refractivity contribution is -0.118. The molecule has 0 saturated carbocycles. The number of nitrogens with one attached hydrogen (secondary N) is 2. The summed E-state index contributed by atoms with van der Waals surface area (Å²) in [5, 5.41) is 12.1. The predicted molar refractivity (Wildman–Crippen MR) is 109 cm³/mol. The molecule has 2 N–H and O–H groups in total. The van der Waals surface area contributed by atoms with E-state index in [1.165, 1.54) is 7.11 Å². The number of aryl methyl sites for hydroxylation is 1. The van der Waals surface area contributed by atoms with Crippen molar-refractivity contribution >= 4 is 11.6 Å². The van der Waals surface area contributed by atoms with Crippen LogP contribution in [0.1, 0.15) is 11.3 Å². The van der Waals surface area contributed by atoms with E-state index in [1.54, 1.807) is 61.5 Å². The Labute approximate surface area is 167 Å². The van der Waals surface area contributed by atoms with Crippen LogP contribution in [0.4, 0.5) is 5.69 Å². The first-order valence-corrected chi connectivity index (χ1v) is 8.82. The number of aromatic nitrogens is 1. The smallest absolute Gasteiger partial charge is 0.266 e. The number of aromatic amines is 1. The molecule has 2 aromatic carbocycles. The normalized spacial score (nSPS) is 10.1. The van der Waals surface area contributed by atoms with E-state index in [1.807, 2.05) is 6.07 Å². The first kappa shape index (κ1) is 19.7. The number of H-pyrrole nitrogens is 1. The maximum atomic E-state index is 12.3. The Hall–Kier alpha value is -4.05. The maximum Gasteiger partial charge on any atom is 0.266 e. The van der Waals surface area contributed by atoms with E-state index in [0.29, 0.717) is 34.0 Å². The third-order valence-electron chi connectivity index (χ3n) is 4.20. The van der Waals surface area contributed by atoms with Crippen molar-refractivity contribution in [3.63, 3.8) is 0 Å². The van der Waals surface area contributed by atoms with Crippen LogP contribution in [0.5, 0.6) is 11.5 Å². The molecule has 146 valence electrons. The predicted octanol–water partition coefficient (Wildman–Crippen LogP) is 3.25. The van der Waals surface area contributed by atoms with E-state index < -0.39 is 5.56 Å². The fraction of sp³-hybridized carbons (Fsp3) is 0.136. The van der Waals surface area contributed by atoms with Gasteiger partial charge in [-0.2, -0.15) is 5.26 Å². The molecular formula is C22H19N3O4. The van der Waals surface area contributed by atoms with Crippen LogP contribution in [0.2, 0.25) is 0 Å². The van der Waals surface area contributed by atoms with Crippen molar-refractivity contribution in [2.45, 2.75) is 6.92 Å². The summed E-state index contributed by atoms with van der Waals surface area (Å²) in [6, 6.07) is 17.6. The number of rotatable bonds is 6. The number of anilines is 1. The van der Waals surface area contributed by atoms with E-state index in [9.17, 15) is 14.9 Å². The summed E-state index contributed by atoms with van der Waals surface area (Å²) in [5.74, 6) is 0.565. The SMILES string of the molecule is COc1ccccc1NC(=O)COc1ccccc1-c1cc(C)[nH]c(=O)c1C#N. The van der Waals surface area contributed by atoms with E-state index in [-0.39, 0.29) is 18.1 Å². The highest BCUT2D eigenvalue weighted by Crippen LogP contribution is 2.31. The van der Waals surface area contributed by atoms with Gasteiger partial charge in [0.05, 0.1) is 12.8 Å². The van der Waals surface area contributed by atoms with Crippen LogP contribution in [-0.2, 0) is 4.79 Å². The lowest BCUT2D eigenvalue weighted by Crippen LogP contribution is -2.20. The van der Waals surface area contributed by atoms with Gasteiger partial charge in [-0.15, -0.1) is 0 Å². The molecule has 7 heteroatoms. The lowest BCUT2D eigenvalue weighted by Gasteiger charge is -2.14. The monoisotopic (exact) mass is 389 g/mol. The molecule has 0 unspecified atom stereocenters. The van der Waals surface area contributed by atoms with Gasteiger partial charge in [-0.05, 0) is 31.2 Å². The Morgan fingerprint density at radius 2 is 1.79 bits per heavy atom. The number of nitriles is 1. The zero-order valence-electron chi connectivity index (χ0n) is 16.0. The second kappa shape index (κ2) is 8.76. The van der Waals surface area contributed by atoms with Crippen molar-refractivity contribution in [1.82, 2.24) is 4.98 Å². The van der Waals surface area contributed by atoms with E-state index in [2.05, 4.69) is 10.3 Å². The number of hydrogen-bond acceptors (Lipinski definition) is 5. The molecule has 1 heterocycles. The van der Waals surface area contributed by atoms with Gasteiger partial charge in [-0.1, -0.05) is 30.3 Å². The number of hydrogen-bond donors (Lipinski definition) is 2. The largest absolute Gasteiger partial charge is 0.495 e. The highest BCUT2D eigenvalue weighted by atomic mass is 16.5. The molecule has 1 aromatic heterocycles. The minimum absolute atomic E-state index is 0.00914. The van der Waals surface area contributed by atoms with Crippen LogP contribution < -0.4 is 20.3 Å². The molecule has 0 spiro atoms.